The Morgan fingerprint density at radius 3 is 2.21 bits per heavy atom. The highest BCUT2D eigenvalue weighted by molar-refractivity contribution is 6.23. The molecule has 6 heteroatoms. The van der Waals surface area contributed by atoms with E-state index in [9.17, 15) is 18.8 Å². The summed E-state index contributed by atoms with van der Waals surface area (Å²) >= 11 is 0. The molecular formula is C28H27FN2O3. The van der Waals surface area contributed by atoms with Crippen LogP contribution in [0.2, 0.25) is 0 Å². The first kappa shape index (κ1) is 23.4. The largest absolute Gasteiger partial charge is 0.325 e. The lowest BCUT2D eigenvalue weighted by atomic mass is 10.0. The van der Waals surface area contributed by atoms with Crippen LogP contribution in [0.5, 0.6) is 0 Å². The van der Waals surface area contributed by atoms with Crippen LogP contribution >= 0.6 is 0 Å². The molecule has 5 nitrogen and oxygen atoms in total. The predicted molar refractivity (Wildman–Crippen MR) is 129 cm³/mol. The van der Waals surface area contributed by atoms with Crippen molar-refractivity contribution >= 4 is 23.4 Å². The smallest absolute Gasteiger partial charge is 0.257 e. The van der Waals surface area contributed by atoms with E-state index in [2.05, 4.69) is 13.8 Å². The Kier molecular flexibility index (Phi) is 6.87. The molecule has 1 unspecified atom stereocenters. The number of benzene rings is 3. The van der Waals surface area contributed by atoms with Crippen LogP contribution < -0.4 is 4.90 Å². The zero-order valence-corrected chi connectivity index (χ0v) is 19.3. The third kappa shape index (κ3) is 5.06. The van der Waals surface area contributed by atoms with Gasteiger partial charge in [-0.05, 0) is 46.9 Å². The number of halogens is 1. The van der Waals surface area contributed by atoms with Crippen molar-refractivity contribution in [3.05, 3.63) is 101 Å². The number of carbonyl (C=O) groups excluding carboxylic acids is 3. The fourth-order valence-electron chi connectivity index (χ4n) is 4.17. The molecule has 1 fully saturated rings. The van der Waals surface area contributed by atoms with Crippen LogP contribution in [-0.4, -0.2) is 28.7 Å². The van der Waals surface area contributed by atoms with Gasteiger partial charge < -0.3 is 4.90 Å². The fraction of sp³-hybridized carbons (Fsp3) is 0.250. The van der Waals surface area contributed by atoms with Gasteiger partial charge in [0, 0.05) is 6.54 Å². The minimum atomic E-state index is -0.918. The van der Waals surface area contributed by atoms with Gasteiger partial charge in [-0.3, -0.25) is 14.4 Å². The Balaban J connectivity index is 1.61. The van der Waals surface area contributed by atoms with Gasteiger partial charge in [-0.25, -0.2) is 9.29 Å². The van der Waals surface area contributed by atoms with Crippen molar-refractivity contribution in [2.24, 2.45) is 0 Å². The number of rotatable bonds is 7. The number of hydrogen-bond donors (Lipinski definition) is 0. The average molecular weight is 459 g/mol. The Hall–Kier alpha value is -3.80. The minimum Gasteiger partial charge on any atom is -0.325 e. The molecule has 0 saturated carbocycles. The summed E-state index contributed by atoms with van der Waals surface area (Å²) in [6.07, 6.45) is 0.00950. The van der Waals surface area contributed by atoms with Crippen molar-refractivity contribution in [2.45, 2.75) is 45.2 Å². The Morgan fingerprint density at radius 1 is 0.941 bits per heavy atom. The van der Waals surface area contributed by atoms with E-state index in [4.69, 9.17) is 0 Å². The van der Waals surface area contributed by atoms with Crippen molar-refractivity contribution in [1.82, 2.24) is 4.90 Å². The summed E-state index contributed by atoms with van der Waals surface area (Å²) in [5, 5.41) is 0. The van der Waals surface area contributed by atoms with E-state index in [1.54, 1.807) is 24.3 Å². The summed E-state index contributed by atoms with van der Waals surface area (Å²) in [5.41, 5.74) is 3.10. The molecule has 1 saturated heterocycles. The van der Waals surface area contributed by atoms with Crippen LogP contribution in [0.15, 0.2) is 78.9 Å². The molecule has 1 aliphatic heterocycles. The normalized spacial score (nSPS) is 15.8. The monoisotopic (exact) mass is 458 g/mol. The number of amides is 3. The Bertz CT molecular complexity index is 1170. The van der Waals surface area contributed by atoms with Crippen LogP contribution in [-0.2, 0) is 27.3 Å². The van der Waals surface area contributed by atoms with Gasteiger partial charge in [0.2, 0.25) is 11.8 Å². The number of hydrogen-bond acceptors (Lipinski definition) is 3. The minimum absolute atomic E-state index is 0.0908. The summed E-state index contributed by atoms with van der Waals surface area (Å²) in [4.78, 5) is 42.3. The van der Waals surface area contributed by atoms with E-state index in [0.29, 0.717) is 17.2 Å². The third-order valence-corrected chi connectivity index (χ3v) is 6.10. The first-order chi connectivity index (χ1) is 16.3. The highest BCUT2D eigenvalue weighted by Gasteiger charge is 2.44. The Labute approximate surface area is 198 Å². The molecule has 0 aromatic heterocycles. The maximum atomic E-state index is 13.4. The summed E-state index contributed by atoms with van der Waals surface area (Å²) < 4.78 is 13.4. The lowest BCUT2D eigenvalue weighted by Gasteiger charge is -2.28. The topological polar surface area (TPSA) is 57.7 Å². The van der Waals surface area contributed by atoms with Crippen LogP contribution in [0, 0.1) is 5.82 Å². The zero-order chi connectivity index (χ0) is 24.2. The lowest BCUT2D eigenvalue weighted by molar-refractivity contribution is -0.138. The quantitative estimate of drug-likeness (QED) is 0.476. The van der Waals surface area contributed by atoms with Gasteiger partial charge in [0.25, 0.3) is 5.91 Å². The van der Waals surface area contributed by atoms with Gasteiger partial charge >= 0.3 is 0 Å². The second-order valence-corrected chi connectivity index (χ2v) is 8.84. The fourth-order valence-corrected chi connectivity index (χ4v) is 4.17. The molecule has 4 rings (SSSR count). The number of imide groups is 1. The molecular weight excluding hydrogens is 431 g/mol. The summed E-state index contributed by atoms with van der Waals surface area (Å²) in [6, 6.07) is 21.5. The molecule has 174 valence electrons. The van der Waals surface area contributed by atoms with Crippen LogP contribution in [0.3, 0.4) is 0 Å². The molecule has 1 heterocycles. The van der Waals surface area contributed by atoms with E-state index in [1.165, 1.54) is 21.9 Å². The number of carbonyl (C=O) groups is 3. The molecule has 3 aromatic carbocycles. The maximum Gasteiger partial charge on any atom is 0.257 e. The second kappa shape index (κ2) is 10.00. The zero-order valence-electron chi connectivity index (χ0n) is 19.3. The maximum absolute atomic E-state index is 13.4. The van der Waals surface area contributed by atoms with Gasteiger partial charge in [-0.15, -0.1) is 0 Å². The summed E-state index contributed by atoms with van der Waals surface area (Å²) in [6.45, 7) is 4.25. The molecule has 0 aliphatic carbocycles. The molecule has 0 radical (unpaired) electrons. The molecule has 3 aromatic rings. The molecule has 1 atom stereocenters. The van der Waals surface area contributed by atoms with Crippen molar-refractivity contribution < 1.29 is 18.8 Å². The second-order valence-electron chi connectivity index (χ2n) is 8.84. The van der Waals surface area contributed by atoms with Crippen LogP contribution in [0.1, 0.15) is 42.9 Å². The van der Waals surface area contributed by atoms with Gasteiger partial charge in [0.1, 0.15) is 11.9 Å². The molecule has 34 heavy (non-hydrogen) atoms. The first-order valence-electron chi connectivity index (χ1n) is 11.4. The highest BCUT2D eigenvalue weighted by Crippen LogP contribution is 2.28. The van der Waals surface area contributed by atoms with E-state index in [-0.39, 0.29) is 37.0 Å². The van der Waals surface area contributed by atoms with Crippen molar-refractivity contribution in [3.8, 4) is 0 Å². The predicted octanol–water partition coefficient (Wildman–Crippen LogP) is 4.85. The van der Waals surface area contributed by atoms with Gasteiger partial charge in [0.15, 0.2) is 0 Å². The first-order valence-corrected chi connectivity index (χ1v) is 11.4. The number of anilines is 1. The lowest BCUT2D eigenvalue weighted by Crippen LogP contribution is -2.45. The summed E-state index contributed by atoms with van der Waals surface area (Å²) in [7, 11) is 0. The van der Waals surface area contributed by atoms with E-state index >= 15 is 0 Å². The molecule has 0 spiro atoms. The Morgan fingerprint density at radius 2 is 1.59 bits per heavy atom. The van der Waals surface area contributed by atoms with E-state index < -0.39 is 11.9 Å². The highest BCUT2D eigenvalue weighted by atomic mass is 19.1. The van der Waals surface area contributed by atoms with Gasteiger partial charge in [-0.2, -0.15) is 0 Å². The average Bonchev–Trinajstić information content (AvgIpc) is 3.12. The molecule has 0 bridgehead atoms. The molecule has 0 N–H and O–H groups in total. The van der Waals surface area contributed by atoms with Gasteiger partial charge in [-0.1, -0.05) is 68.4 Å². The molecule has 1 aliphatic rings. The number of nitrogens with zero attached hydrogens (tertiary/aromatic N) is 2. The van der Waals surface area contributed by atoms with Crippen molar-refractivity contribution in [3.63, 3.8) is 0 Å². The van der Waals surface area contributed by atoms with E-state index in [0.717, 1.165) is 11.1 Å². The third-order valence-electron chi connectivity index (χ3n) is 6.10. The van der Waals surface area contributed by atoms with Gasteiger partial charge in [0.05, 0.1) is 18.5 Å². The van der Waals surface area contributed by atoms with E-state index in [1.807, 2.05) is 42.5 Å². The van der Waals surface area contributed by atoms with Crippen molar-refractivity contribution in [1.29, 1.82) is 0 Å². The van der Waals surface area contributed by atoms with Crippen molar-refractivity contribution in [2.75, 3.05) is 4.90 Å². The standard InChI is InChI=1S/C28H27FN2O3/c1-19(2)22-10-14-24(15-11-22)31-27(33)17-25(28(31)34)30(18-21-8-12-23(29)13-9-21)26(32)16-20-6-4-3-5-7-20/h3-15,19,25H,16-18H2,1-2H3. The SMILES string of the molecule is CC(C)c1ccc(N2C(=O)CC(N(Cc3ccc(F)cc3)C(=O)Cc3ccccc3)C2=O)cc1. The van der Waals surface area contributed by atoms with Crippen LogP contribution in [0.25, 0.3) is 0 Å². The molecule has 3 amide bonds. The summed E-state index contributed by atoms with van der Waals surface area (Å²) in [5.74, 6) is -1.09. The van der Waals surface area contributed by atoms with Crippen LogP contribution in [0.4, 0.5) is 10.1 Å².